The summed E-state index contributed by atoms with van der Waals surface area (Å²) in [6.07, 6.45) is 0.928. The van der Waals surface area contributed by atoms with Crippen molar-refractivity contribution in [1.82, 2.24) is 5.48 Å². The van der Waals surface area contributed by atoms with E-state index < -0.39 is 5.91 Å². The van der Waals surface area contributed by atoms with E-state index >= 15 is 0 Å². The number of nitrogens with zero attached hydrogens (tertiary/aromatic N) is 1. The highest BCUT2D eigenvalue weighted by Crippen LogP contribution is 2.18. The van der Waals surface area contributed by atoms with E-state index in [0.717, 1.165) is 17.7 Å². The van der Waals surface area contributed by atoms with Crippen LogP contribution in [0.4, 0.5) is 5.69 Å². The van der Waals surface area contributed by atoms with Crippen LogP contribution in [0.15, 0.2) is 54.6 Å². The number of hydrogen-bond acceptors (Lipinski definition) is 3. The topological polar surface area (TPSA) is 69.6 Å². The molecule has 120 valence electrons. The highest BCUT2D eigenvalue weighted by molar-refractivity contribution is 6.06. The van der Waals surface area contributed by atoms with Gasteiger partial charge in [-0.2, -0.15) is 0 Å². The fourth-order valence-corrected chi connectivity index (χ4v) is 2.33. The highest BCUT2D eigenvalue weighted by Gasteiger charge is 2.16. The number of para-hydroxylation sites is 1. The lowest BCUT2D eigenvalue weighted by molar-refractivity contribution is -0.128. The molecule has 5 nitrogen and oxygen atoms in total. The van der Waals surface area contributed by atoms with Crippen molar-refractivity contribution in [1.29, 1.82) is 0 Å². The molecule has 0 bridgehead atoms. The van der Waals surface area contributed by atoms with Crippen LogP contribution in [0.25, 0.3) is 0 Å². The van der Waals surface area contributed by atoms with E-state index in [1.807, 2.05) is 37.3 Å². The Balaban J connectivity index is 2.18. The average Bonchev–Trinajstić information content (AvgIpc) is 2.60. The number of hydroxylamine groups is 1. The normalized spacial score (nSPS) is 10.2. The minimum Gasteiger partial charge on any atom is -0.308 e. The van der Waals surface area contributed by atoms with Gasteiger partial charge in [0, 0.05) is 17.8 Å². The number of benzene rings is 2. The number of hydrogen-bond donors (Lipinski definition) is 2. The Kier molecular flexibility index (Phi) is 5.88. The first kappa shape index (κ1) is 16.7. The Morgan fingerprint density at radius 3 is 2.26 bits per heavy atom. The number of rotatable bonds is 6. The van der Waals surface area contributed by atoms with E-state index in [2.05, 4.69) is 0 Å². The molecule has 0 aliphatic heterocycles. The molecule has 0 radical (unpaired) electrons. The summed E-state index contributed by atoms with van der Waals surface area (Å²) in [4.78, 5) is 25.6. The van der Waals surface area contributed by atoms with Gasteiger partial charge in [-0.15, -0.1) is 0 Å². The monoisotopic (exact) mass is 312 g/mol. The number of nitrogens with one attached hydrogen (secondary N) is 1. The number of amides is 2. The third-order valence-corrected chi connectivity index (χ3v) is 3.45. The Labute approximate surface area is 135 Å². The van der Waals surface area contributed by atoms with Crippen LogP contribution >= 0.6 is 0 Å². The SMILES string of the molecule is CCCN(C(=O)c1ccc(CC(=O)NO)cc1)c1ccccc1. The molecule has 2 rings (SSSR count). The maximum atomic E-state index is 12.7. The average molecular weight is 312 g/mol. The molecule has 2 N–H and O–H groups in total. The van der Waals surface area contributed by atoms with Crippen LogP contribution in [0.2, 0.25) is 0 Å². The number of carbonyl (C=O) groups is 2. The van der Waals surface area contributed by atoms with Crippen LogP contribution in [-0.2, 0) is 11.2 Å². The van der Waals surface area contributed by atoms with Crippen molar-refractivity contribution in [3.8, 4) is 0 Å². The van der Waals surface area contributed by atoms with Gasteiger partial charge in [-0.05, 0) is 36.2 Å². The van der Waals surface area contributed by atoms with E-state index in [4.69, 9.17) is 5.21 Å². The summed E-state index contributed by atoms with van der Waals surface area (Å²) in [5.41, 5.74) is 3.75. The van der Waals surface area contributed by atoms with E-state index in [1.54, 1.807) is 34.6 Å². The van der Waals surface area contributed by atoms with Gasteiger partial charge in [0.15, 0.2) is 0 Å². The van der Waals surface area contributed by atoms with Crippen LogP contribution in [0.1, 0.15) is 29.3 Å². The molecule has 2 aromatic carbocycles. The molecule has 2 aromatic rings. The van der Waals surface area contributed by atoms with Crippen LogP contribution in [0.5, 0.6) is 0 Å². The first-order valence-electron chi connectivity index (χ1n) is 7.54. The molecule has 0 unspecified atom stereocenters. The third-order valence-electron chi connectivity index (χ3n) is 3.45. The highest BCUT2D eigenvalue weighted by atomic mass is 16.5. The van der Waals surface area contributed by atoms with Crippen molar-refractivity contribution in [2.24, 2.45) is 0 Å². The molecule has 0 heterocycles. The predicted octanol–water partition coefficient (Wildman–Crippen LogP) is 2.79. The summed E-state index contributed by atoms with van der Waals surface area (Å²) in [5, 5.41) is 8.54. The largest absolute Gasteiger partial charge is 0.308 e. The fraction of sp³-hybridized carbons (Fsp3) is 0.222. The van der Waals surface area contributed by atoms with Crippen molar-refractivity contribution in [2.75, 3.05) is 11.4 Å². The predicted molar refractivity (Wildman–Crippen MR) is 88.5 cm³/mol. The lowest BCUT2D eigenvalue weighted by atomic mass is 10.1. The van der Waals surface area contributed by atoms with Crippen molar-refractivity contribution < 1.29 is 14.8 Å². The molecule has 23 heavy (non-hydrogen) atoms. The maximum absolute atomic E-state index is 12.7. The Hall–Kier alpha value is -2.66. The van der Waals surface area contributed by atoms with Gasteiger partial charge in [0.1, 0.15) is 0 Å². The molecule has 0 aliphatic carbocycles. The van der Waals surface area contributed by atoms with Gasteiger partial charge >= 0.3 is 0 Å². The minimum absolute atomic E-state index is 0.0718. The molecule has 2 amide bonds. The molecule has 0 saturated carbocycles. The first-order chi connectivity index (χ1) is 11.2. The van der Waals surface area contributed by atoms with Crippen molar-refractivity contribution in [3.63, 3.8) is 0 Å². The number of carbonyl (C=O) groups excluding carboxylic acids is 2. The molecule has 0 saturated heterocycles. The zero-order valence-electron chi connectivity index (χ0n) is 13.0. The molecule has 0 spiro atoms. The van der Waals surface area contributed by atoms with E-state index in [0.29, 0.717) is 12.1 Å². The molecule has 5 heteroatoms. The van der Waals surface area contributed by atoms with Gasteiger partial charge in [0.2, 0.25) is 5.91 Å². The summed E-state index contributed by atoms with van der Waals surface area (Å²) in [5.74, 6) is -0.558. The van der Waals surface area contributed by atoms with Crippen LogP contribution < -0.4 is 10.4 Å². The second-order valence-electron chi connectivity index (χ2n) is 5.20. The second-order valence-corrected chi connectivity index (χ2v) is 5.20. The van der Waals surface area contributed by atoms with Crippen molar-refractivity contribution in [3.05, 3.63) is 65.7 Å². The van der Waals surface area contributed by atoms with Gasteiger partial charge in [0.05, 0.1) is 6.42 Å². The van der Waals surface area contributed by atoms with Crippen molar-refractivity contribution in [2.45, 2.75) is 19.8 Å². The molecule has 0 fully saturated rings. The molecule has 0 aromatic heterocycles. The lowest BCUT2D eigenvalue weighted by Crippen LogP contribution is -2.31. The standard InChI is InChI=1S/C18H20N2O3/c1-2-12-20(16-6-4-3-5-7-16)18(22)15-10-8-14(9-11-15)13-17(21)19-23/h3-11,23H,2,12-13H2,1H3,(H,19,21). The van der Waals surface area contributed by atoms with Gasteiger partial charge in [-0.3, -0.25) is 14.8 Å². The van der Waals surface area contributed by atoms with E-state index in [-0.39, 0.29) is 12.3 Å². The van der Waals surface area contributed by atoms with Crippen LogP contribution in [0.3, 0.4) is 0 Å². The minimum atomic E-state index is -0.485. The Bertz CT molecular complexity index is 654. The van der Waals surface area contributed by atoms with Gasteiger partial charge in [0.25, 0.3) is 5.91 Å². The zero-order valence-corrected chi connectivity index (χ0v) is 13.0. The Morgan fingerprint density at radius 2 is 1.70 bits per heavy atom. The summed E-state index contributed by atoms with van der Waals surface area (Å²) in [6, 6.07) is 16.4. The summed E-state index contributed by atoms with van der Waals surface area (Å²) >= 11 is 0. The summed E-state index contributed by atoms with van der Waals surface area (Å²) < 4.78 is 0. The molecule has 0 aliphatic rings. The van der Waals surface area contributed by atoms with Gasteiger partial charge in [-0.1, -0.05) is 37.3 Å². The smallest absolute Gasteiger partial charge is 0.258 e. The van der Waals surface area contributed by atoms with E-state index in [9.17, 15) is 9.59 Å². The van der Waals surface area contributed by atoms with Crippen LogP contribution in [0, 0.1) is 0 Å². The first-order valence-corrected chi connectivity index (χ1v) is 7.54. The Morgan fingerprint density at radius 1 is 1.04 bits per heavy atom. The third kappa shape index (κ3) is 4.40. The van der Waals surface area contributed by atoms with Gasteiger partial charge in [-0.25, -0.2) is 5.48 Å². The molecular formula is C18H20N2O3. The molecular weight excluding hydrogens is 292 g/mol. The second kappa shape index (κ2) is 8.10. The summed E-state index contributed by atoms with van der Waals surface area (Å²) in [7, 11) is 0. The van der Waals surface area contributed by atoms with Crippen molar-refractivity contribution >= 4 is 17.5 Å². The fourth-order valence-electron chi connectivity index (χ4n) is 2.33. The van der Waals surface area contributed by atoms with E-state index in [1.165, 1.54) is 0 Å². The quantitative estimate of drug-likeness (QED) is 0.636. The van der Waals surface area contributed by atoms with Gasteiger partial charge < -0.3 is 4.90 Å². The van der Waals surface area contributed by atoms with Crippen LogP contribution in [-0.4, -0.2) is 23.6 Å². The maximum Gasteiger partial charge on any atom is 0.258 e. The molecule has 0 atom stereocenters. The number of anilines is 1. The lowest BCUT2D eigenvalue weighted by Gasteiger charge is -2.22. The zero-order chi connectivity index (χ0) is 16.7. The summed E-state index contributed by atoms with van der Waals surface area (Å²) in [6.45, 7) is 2.66.